The highest BCUT2D eigenvalue weighted by molar-refractivity contribution is 5.95. The molecule has 0 N–H and O–H groups in total. The molecular formula is C27H29FN4O2. The van der Waals surface area contributed by atoms with Gasteiger partial charge in [-0.05, 0) is 68.5 Å². The summed E-state index contributed by atoms with van der Waals surface area (Å²) < 4.78 is 20.0. The fourth-order valence-corrected chi connectivity index (χ4v) is 4.64. The van der Waals surface area contributed by atoms with E-state index < -0.39 is 0 Å². The molecule has 2 aliphatic heterocycles. The minimum Gasteiger partial charge on any atom is -0.438 e. The van der Waals surface area contributed by atoms with E-state index in [1.165, 1.54) is 12.5 Å². The smallest absolute Gasteiger partial charge is 0.254 e. The van der Waals surface area contributed by atoms with Crippen molar-refractivity contribution < 1.29 is 13.9 Å². The summed E-state index contributed by atoms with van der Waals surface area (Å²) in [7, 11) is 0. The summed E-state index contributed by atoms with van der Waals surface area (Å²) in [6, 6.07) is 12.3. The van der Waals surface area contributed by atoms with E-state index in [9.17, 15) is 9.18 Å². The highest BCUT2D eigenvalue weighted by Crippen LogP contribution is 2.33. The number of carbonyl (C=O) groups is 1. The Bertz CT molecular complexity index is 1220. The van der Waals surface area contributed by atoms with Gasteiger partial charge in [0.1, 0.15) is 11.6 Å². The SMILES string of the molecule is Cc1cc(Oc2nc(N3CCCCC3)nc3c2CN(C(=O)c2ccccc2C)CC3)ccc1F. The summed E-state index contributed by atoms with van der Waals surface area (Å²) >= 11 is 0. The average Bonchev–Trinajstić information content (AvgIpc) is 2.86. The van der Waals surface area contributed by atoms with Gasteiger partial charge in [-0.3, -0.25) is 4.79 Å². The molecule has 0 saturated carbocycles. The Morgan fingerprint density at radius 1 is 0.971 bits per heavy atom. The van der Waals surface area contributed by atoms with E-state index in [1.807, 2.05) is 36.1 Å². The first kappa shape index (κ1) is 22.3. The monoisotopic (exact) mass is 460 g/mol. The molecule has 1 saturated heterocycles. The summed E-state index contributed by atoms with van der Waals surface area (Å²) in [5.41, 5.74) is 3.89. The first-order valence-corrected chi connectivity index (χ1v) is 11.9. The van der Waals surface area contributed by atoms with E-state index in [0.717, 1.165) is 42.8 Å². The zero-order chi connectivity index (χ0) is 23.7. The summed E-state index contributed by atoms with van der Waals surface area (Å²) in [6.45, 7) is 6.46. The van der Waals surface area contributed by atoms with Crippen LogP contribution in [0.15, 0.2) is 42.5 Å². The standard InChI is InChI=1S/C27H29FN4O2/c1-18-8-4-5-9-21(18)26(33)32-15-12-24-22(17-32)25(34-20-10-11-23(28)19(2)16-20)30-27(29-24)31-13-6-3-7-14-31/h4-5,8-11,16H,3,6-7,12-15,17H2,1-2H3. The molecule has 3 heterocycles. The number of piperidine rings is 1. The topological polar surface area (TPSA) is 58.6 Å². The Kier molecular flexibility index (Phi) is 6.18. The van der Waals surface area contributed by atoms with Crippen LogP contribution in [0.4, 0.5) is 10.3 Å². The highest BCUT2D eigenvalue weighted by Gasteiger charge is 2.29. The van der Waals surface area contributed by atoms with Gasteiger partial charge < -0.3 is 14.5 Å². The lowest BCUT2D eigenvalue weighted by molar-refractivity contribution is 0.0731. The van der Waals surface area contributed by atoms with Crippen LogP contribution in [0.5, 0.6) is 11.6 Å². The van der Waals surface area contributed by atoms with Crippen LogP contribution in [0.1, 0.15) is 52.0 Å². The minimum absolute atomic E-state index is 0.00701. The molecule has 34 heavy (non-hydrogen) atoms. The highest BCUT2D eigenvalue weighted by atomic mass is 19.1. The number of hydrogen-bond donors (Lipinski definition) is 0. The fraction of sp³-hybridized carbons (Fsp3) is 0.370. The molecule has 0 unspecified atom stereocenters. The zero-order valence-corrected chi connectivity index (χ0v) is 19.7. The van der Waals surface area contributed by atoms with Crippen molar-refractivity contribution in [3.8, 4) is 11.6 Å². The van der Waals surface area contributed by atoms with Crippen LogP contribution in [0, 0.1) is 19.7 Å². The Balaban J connectivity index is 1.50. The van der Waals surface area contributed by atoms with Crippen LogP contribution in [0.25, 0.3) is 0 Å². The molecule has 2 aromatic carbocycles. The average molecular weight is 461 g/mol. The van der Waals surface area contributed by atoms with Gasteiger partial charge in [0.25, 0.3) is 5.91 Å². The molecular weight excluding hydrogens is 431 g/mol. The number of carbonyl (C=O) groups excluding carboxylic acids is 1. The summed E-state index contributed by atoms with van der Waals surface area (Å²) in [5, 5.41) is 0. The lowest BCUT2D eigenvalue weighted by atomic mass is 10.0. The number of anilines is 1. The second kappa shape index (κ2) is 9.41. The number of nitrogens with zero attached hydrogens (tertiary/aromatic N) is 4. The quantitative estimate of drug-likeness (QED) is 0.535. The maximum atomic E-state index is 13.8. The van der Waals surface area contributed by atoms with Gasteiger partial charge in [-0.25, -0.2) is 9.37 Å². The number of aryl methyl sites for hydroxylation is 2. The summed E-state index contributed by atoms with van der Waals surface area (Å²) in [4.78, 5) is 27.0. The normalized spacial score (nSPS) is 15.7. The van der Waals surface area contributed by atoms with Gasteiger partial charge in [0, 0.05) is 31.6 Å². The van der Waals surface area contributed by atoms with Crippen LogP contribution >= 0.6 is 0 Å². The van der Waals surface area contributed by atoms with Crippen LogP contribution in [-0.4, -0.2) is 40.4 Å². The third kappa shape index (κ3) is 4.47. The van der Waals surface area contributed by atoms with E-state index >= 15 is 0 Å². The molecule has 1 fully saturated rings. The minimum atomic E-state index is -0.277. The van der Waals surface area contributed by atoms with Crippen LogP contribution < -0.4 is 9.64 Å². The number of fused-ring (bicyclic) bond motifs is 1. The molecule has 0 bridgehead atoms. The van der Waals surface area contributed by atoms with Crippen molar-refractivity contribution in [3.63, 3.8) is 0 Å². The number of ether oxygens (including phenoxy) is 1. The van der Waals surface area contributed by atoms with Gasteiger partial charge in [0.15, 0.2) is 0 Å². The second-order valence-corrected chi connectivity index (χ2v) is 9.11. The van der Waals surface area contributed by atoms with Crippen molar-refractivity contribution >= 4 is 11.9 Å². The first-order chi connectivity index (χ1) is 16.5. The maximum Gasteiger partial charge on any atom is 0.254 e. The molecule has 1 amide bonds. The number of rotatable bonds is 4. The lowest BCUT2D eigenvalue weighted by Gasteiger charge is -2.32. The van der Waals surface area contributed by atoms with Gasteiger partial charge in [-0.15, -0.1) is 0 Å². The van der Waals surface area contributed by atoms with E-state index in [1.54, 1.807) is 19.1 Å². The predicted octanol–water partition coefficient (Wildman–Crippen LogP) is 5.21. The molecule has 0 radical (unpaired) electrons. The molecule has 5 rings (SSSR count). The largest absolute Gasteiger partial charge is 0.438 e. The van der Waals surface area contributed by atoms with Gasteiger partial charge in [-0.1, -0.05) is 18.2 Å². The Morgan fingerprint density at radius 2 is 1.76 bits per heavy atom. The lowest BCUT2D eigenvalue weighted by Crippen LogP contribution is -2.38. The molecule has 3 aromatic rings. The number of halogens is 1. The molecule has 176 valence electrons. The number of aromatic nitrogens is 2. The molecule has 6 nitrogen and oxygen atoms in total. The first-order valence-electron chi connectivity index (χ1n) is 11.9. The van der Waals surface area contributed by atoms with Crippen LogP contribution in [-0.2, 0) is 13.0 Å². The van der Waals surface area contributed by atoms with Crippen molar-refractivity contribution in [1.82, 2.24) is 14.9 Å². The van der Waals surface area contributed by atoms with E-state index in [2.05, 4.69) is 4.90 Å². The van der Waals surface area contributed by atoms with Gasteiger partial charge >= 0.3 is 0 Å². The van der Waals surface area contributed by atoms with E-state index in [4.69, 9.17) is 14.7 Å². The predicted molar refractivity (Wildman–Crippen MR) is 129 cm³/mol. The van der Waals surface area contributed by atoms with Crippen molar-refractivity contribution in [2.75, 3.05) is 24.5 Å². The van der Waals surface area contributed by atoms with Gasteiger partial charge in [-0.2, -0.15) is 4.98 Å². The third-order valence-corrected chi connectivity index (χ3v) is 6.66. The van der Waals surface area contributed by atoms with Gasteiger partial charge in [0.05, 0.1) is 17.8 Å². The maximum absolute atomic E-state index is 13.8. The van der Waals surface area contributed by atoms with Crippen molar-refractivity contribution in [2.24, 2.45) is 0 Å². The van der Waals surface area contributed by atoms with E-state index in [-0.39, 0.29) is 11.7 Å². The fourth-order valence-electron chi connectivity index (χ4n) is 4.64. The third-order valence-electron chi connectivity index (χ3n) is 6.66. The number of hydrogen-bond acceptors (Lipinski definition) is 5. The Hall–Kier alpha value is -3.48. The Morgan fingerprint density at radius 3 is 2.53 bits per heavy atom. The van der Waals surface area contributed by atoms with Crippen molar-refractivity contribution in [1.29, 1.82) is 0 Å². The zero-order valence-electron chi connectivity index (χ0n) is 19.7. The molecule has 0 spiro atoms. The summed E-state index contributed by atoms with van der Waals surface area (Å²) in [5.74, 6) is 1.35. The summed E-state index contributed by atoms with van der Waals surface area (Å²) in [6.07, 6.45) is 4.09. The van der Waals surface area contributed by atoms with Crippen LogP contribution in [0.2, 0.25) is 0 Å². The molecule has 7 heteroatoms. The molecule has 1 aromatic heterocycles. The Labute approximate surface area is 199 Å². The van der Waals surface area contributed by atoms with E-state index in [0.29, 0.717) is 48.2 Å². The molecule has 0 aliphatic carbocycles. The number of amides is 1. The molecule has 2 aliphatic rings. The number of benzene rings is 2. The van der Waals surface area contributed by atoms with Crippen molar-refractivity contribution in [3.05, 3.63) is 76.2 Å². The molecule has 0 atom stereocenters. The second-order valence-electron chi connectivity index (χ2n) is 9.11. The van der Waals surface area contributed by atoms with Crippen molar-refractivity contribution in [2.45, 2.75) is 46.1 Å². The van der Waals surface area contributed by atoms with Crippen LogP contribution in [0.3, 0.4) is 0 Å². The van der Waals surface area contributed by atoms with Gasteiger partial charge in [0.2, 0.25) is 11.8 Å².